The van der Waals surface area contributed by atoms with Crippen LogP contribution in [0.5, 0.6) is 5.75 Å². The quantitative estimate of drug-likeness (QED) is 0.648. The van der Waals surface area contributed by atoms with Crippen molar-refractivity contribution in [2.45, 2.75) is 18.7 Å². The molecule has 0 heterocycles. The first-order chi connectivity index (χ1) is 13.8. The Kier molecular flexibility index (Phi) is 7.74. The molecule has 2 amide bonds. The molecule has 0 fully saturated rings. The fourth-order valence-electron chi connectivity index (χ4n) is 2.63. The first kappa shape index (κ1) is 22.4. The number of sulfonamides is 1. The minimum absolute atomic E-state index is 0.159. The Morgan fingerprint density at radius 3 is 2.07 bits per heavy atom. The number of ether oxygens (including phenoxy) is 1. The lowest BCUT2D eigenvalue weighted by atomic mass is 10.2. The smallest absolute Gasteiger partial charge is 0.251 e. The van der Waals surface area contributed by atoms with Crippen LogP contribution in [0.3, 0.4) is 0 Å². The van der Waals surface area contributed by atoms with Crippen molar-refractivity contribution in [3.63, 3.8) is 0 Å². The molecule has 8 nitrogen and oxygen atoms in total. The lowest BCUT2D eigenvalue weighted by Crippen LogP contribution is -2.33. The van der Waals surface area contributed by atoms with Gasteiger partial charge in [0.25, 0.3) is 5.91 Å². The summed E-state index contributed by atoms with van der Waals surface area (Å²) in [4.78, 5) is 24.3. The van der Waals surface area contributed by atoms with E-state index in [9.17, 15) is 18.0 Å². The number of nitrogens with zero attached hydrogens (tertiary/aromatic N) is 1. The molecular weight excluding hydrogens is 394 g/mol. The maximum absolute atomic E-state index is 12.5. The highest BCUT2D eigenvalue weighted by Gasteiger charge is 2.21. The molecular formula is C20H25N3O5S. The fourth-order valence-corrected chi connectivity index (χ4v) is 4.09. The van der Waals surface area contributed by atoms with Gasteiger partial charge in [0.2, 0.25) is 15.9 Å². The third kappa shape index (κ3) is 5.78. The highest BCUT2D eigenvalue weighted by atomic mass is 32.2. The number of hydrogen-bond acceptors (Lipinski definition) is 5. The summed E-state index contributed by atoms with van der Waals surface area (Å²) in [6, 6.07) is 12.4. The summed E-state index contributed by atoms with van der Waals surface area (Å²) >= 11 is 0. The Morgan fingerprint density at radius 2 is 1.55 bits per heavy atom. The van der Waals surface area contributed by atoms with Crippen molar-refractivity contribution in [1.82, 2.24) is 9.62 Å². The van der Waals surface area contributed by atoms with Crippen molar-refractivity contribution in [3.05, 3.63) is 54.1 Å². The lowest BCUT2D eigenvalue weighted by molar-refractivity contribution is -0.115. The first-order valence-electron chi connectivity index (χ1n) is 9.14. The molecule has 0 radical (unpaired) electrons. The van der Waals surface area contributed by atoms with Crippen LogP contribution < -0.4 is 15.4 Å². The van der Waals surface area contributed by atoms with E-state index in [-0.39, 0.29) is 17.3 Å². The second-order valence-corrected chi connectivity index (χ2v) is 8.01. The summed E-state index contributed by atoms with van der Waals surface area (Å²) in [5.41, 5.74) is 0.844. The zero-order valence-electron chi connectivity index (χ0n) is 16.6. The van der Waals surface area contributed by atoms with Crippen LogP contribution in [0.4, 0.5) is 5.69 Å². The van der Waals surface area contributed by atoms with Gasteiger partial charge < -0.3 is 15.4 Å². The molecule has 9 heteroatoms. The van der Waals surface area contributed by atoms with Crippen molar-refractivity contribution in [1.29, 1.82) is 0 Å². The highest BCUT2D eigenvalue weighted by Crippen LogP contribution is 2.18. The second kappa shape index (κ2) is 10.0. The number of carbonyl (C=O) groups excluding carboxylic acids is 2. The van der Waals surface area contributed by atoms with Gasteiger partial charge in [0.1, 0.15) is 5.75 Å². The van der Waals surface area contributed by atoms with Crippen LogP contribution in [0.2, 0.25) is 0 Å². The summed E-state index contributed by atoms with van der Waals surface area (Å²) in [7, 11) is -2.02. The Balaban J connectivity index is 1.92. The van der Waals surface area contributed by atoms with Gasteiger partial charge in [-0.3, -0.25) is 9.59 Å². The highest BCUT2D eigenvalue weighted by molar-refractivity contribution is 7.89. The zero-order chi connectivity index (χ0) is 21.4. The van der Waals surface area contributed by atoms with Gasteiger partial charge in [-0.15, -0.1) is 0 Å². The molecule has 156 valence electrons. The third-order valence-corrected chi connectivity index (χ3v) is 6.31. The minimum atomic E-state index is -3.55. The van der Waals surface area contributed by atoms with E-state index in [1.165, 1.54) is 35.7 Å². The number of amides is 2. The molecule has 0 saturated carbocycles. The molecule has 0 unspecified atom stereocenters. The van der Waals surface area contributed by atoms with Gasteiger partial charge in [-0.1, -0.05) is 13.8 Å². The number of rotatable bonds is 9. The van der Waals surface area contributed by atoms with E-state index in [0.717, 1.165) is 0 Å². The molecule has 2 aromatic carbocycles. The predicted octanol–water partition coefficient (Wildman–Crippen LogP) is 2.09. The second-order valence-electron chi connectivity index (χ2n) is 6.07. The Bertz CT molecular complexity index is 937. The van der Waals surface area contributed by atoms with Gasteiger partial charge in [-0.2, -0.15) is 4.31 Å². The van der Waals surface area contributed by atoms with E-state index in [2.05, 4.69) is 10.6 Å². The van der Waals surface area contributed by atoms with Crippen molar-refractivity contribution < 1.29 is 22.7 Å². The van der Waals surface area contributed by atoms with Gasteiger partial charge in [-0.25, -0.2) is 8.42 Å². The molecule has 0 aliphatic carbocycles. The summed E-state index contributed by atoms with van der Waals surface area (Å²) < 4.78 is 31.3. The maximum atomic E-state index is 12.5. The number of anilines is 1. The van der Waals surface area contributed by atoms with Crippen LogP contribution in [0, 0.1) is 0 Å². The maximum Gasteiger partial charge on any atom is 0.251 e. The lowest BCUT2D eigenvalue weighted by Gasteiger charge is -2.18. The Morgan fingerprint density at radius 1 is 0.966 bits per heavy atom. The van der Waals surface area contributed by atoms with Gasteiger partial charge in [-0.05, 0) is 48.5 Å². The van der Waals surface area contributed by atoms with E-state index in [1.807, 2.05) is 0 Å². The molecule has 0 aliphatic heterocycles. The van der Waals surface area contributed by atoms with E-state index >= 15 is 0 Å². The van der Waals surface area contributed by atoms with E-state index in [0.29, 0.717) is 30.1 Å². The monoisotopic (exact) mass is 419 g/mol. The summed E-state index contributed by atoms with van der Waals surface area (Å²) in [6.07, 6.45) is 0. The number of methoxy groups -OCH3 is 1. The van der Waals surface area contributed by atoms with Crippen molar-refractivity contribution in [3.8, 4) is 5.75 Å². The van der Waals surface area contributed by atoms with Gasteiger partial charge in [0.15, 0.2) is 0 Å². The van der Waals surface area contributed by atoms with Crippen LogP contribution in [-0.2, 0) is 14.8 Å². The SMILES string of the molecule is CCN(CC)S(=O)(=O)c1ccc(NC(=O)CNC(=O)c2ccc(OC)cc2)cc1. The molecule has 0 atom stereocenters. The van der Waals surface area contributed by atoms with Gasteiger partial charge in [0.05, 0.1) is 18.6 Å². The number of carbonyl (C=O) groups is 2. The number of nitrogens with one attached hydrogen (secondary N) is 2. The molecule has 2 rings (SSSR count). The molecule has 0 spiro atoms. The fraction of sp³-hybridized carbons (Fsp3) is 0.300. The first-order valence-corrected chi connectivity index (χ1v) is 10.6. The van der Waals surface area contributed by atoms with Crippen LogP contribution >= 0.6 is 0 Å². The molecule has 0 saturated heterocycles. The minimum Gasteiger partial charge on any atom is -0.497 e. The normalized spacial score (nSPS) is 11.2. The average molecular weight is 420 g/mol. The Hall–Kier alpha value is -2.91. The van der Waals surface area contributed by atoms with E-state index in [4.69, 9.17) is 4.74 Å². The molecule has 0 aromatic heterocycles. The summed E-state index contributed by atoms with van der Waals surface area (Å²) in [5, 5.41) is 5.15. The van der Waals surface area contributed by atoms with Crippen LogP contribution in [0.1, 0.15) is 24.2 Å². The Labute approximate surface area is 170 Å². The third-order valence-electron chi connectivity index (χ3n) is 4.24. The van der Waals surface area contributed by atoms with Crippen molar-refractivity contribution >= 4 is 27.5 Å². The number of benzene rings is 2. The van der Waals surface area contributed by atoms with Gasteiger partial charge in [0, 0.05) is 24.3 Å². The number of hydrogen-bond donors (Lipinski definition) is 2. The molecule has 0 bridgehead atoms. The average Bonchev–Trinajstić information content (AvgIpc) is 2.73. The van der Waals surface area contributed by atoms with Gasteiger partial charge >= 0.3 is 0 Å². The largest absolute Gasteiger partial charge is 0.497 e. The molecule has 2 aromatic rings. The van der Waals surface area contributed by atoms with Crippen LogP contribution in [-0.4, -0.2) is 51.3 Å². The van der Waals surface area contributed by atoms with Crippen molar-refractivity contribution in [2.75, 3.05) is 32.1 Å². The molecule has 0 aliphatic rings. The van der Waals surface area contributed by atoms with Crippen LogP contribution in [0.15, 0.2) is 53.4 Å². The van der Waals surface area contributed by atoms with Crippen LogP contribution in [0.25, 0.3) is 0 Å². The summed E-state index contributed by atoms with van der Waals surface area (Å²) in [5.74, 6) is -0.180. The van der Waals surface area contributed by atoms with Crippen molar-refractivity contribution in [2.24, 2.45) is 0 Å². The standard InChI is InChI=1S/C20H25N3O5S/c1-4-23(5-2)29(26,27)18-12-8-16(9-13-18)22-19(24)14-21-20(25)15-6-10-17(28-3)11-7-15/h6-13H,4-5,14H2,1-3H3,(H,21,25)(H,22,24). The van der Waals surface area contributed by atoms with E-state index < -0.39 is 15.9 Å². The van der Waals surface area contributed by atoms with E-state index in [1.54, 1.807) is 38.1 Å². The topological polar surface area (TPSA) is 105 Å². The predicted molar refractivity (Wildman–Crippen MR) is 111 cm³/mol. The molecule has 2 N–H and O–H groups in total. The zero-order valence-corrected chi connectivity index (χ0v) is 17.5. The molecule has 29 heavy (non-hydrogen) atoms. The summed E-state index contributed by atoms with van der Waals surface area (Å²) in [6.45, 7) is 4.09.